The fourth-order valence-corrected chi connectivity index (χ4v) is 3.59. The van der Waals surface area contributed by atoms with E-state index in [1.165, 1.54) is 24.3 Å². The Morgan fingerprint density at radius 1 is 1.00 bits per heavy atom. The van der Waals surface area contributed by atoms with Crippen LogP contribution in [0, 0.1) is 11.6 Å². The Kier molecular flexibility index (Phi) is 4.42. The summed E-state index contributed by atoms with van der Waals surface area (Å²) < 4.78 is 64.4. The van der Waals surface area contributed by atoms with Crippen LogP contribution in [0.5, 0.6) is 11.5 Å². The molecule has 8 heteroatoms. The lowest BCUT2D eigenvalue weighted by Crippen LogP contribution is -2.27. The molecule has 2 aromatic rings. The minimum Gasteiger partial charge on any atom is -0.486 e. The topological polar surface area (TPSA) is 64.6 Å². The number of fused-ring (bicyclic) bond motifs is 1. The van der Waals surface area contributed by atoms with Crippen LogP contribution in [0.1, 0.15) is 18.5 Å². The van der Waals surface area contributed by atoms with Crippen LogP contribution in [0.15, 0.2) is 41.3 Å². The number of benzene rings is 2. The van der Waals surface area contributed by atoms with Crippen molar-refractivity contribution in [2.75, 3.05) is 13.2 Å². The van der Waals surface area contributed by atoms with Crippen molar-refractivity contribution in [1.82, 2.24) is 4.72 Å². The van der Waals surface area contributed by atoms with Gasteiger partial charge in [-0.25, -0.2) is 21.9 Å². The maximum absolute atomic E-state index is 13.3. The standard InChI is InChI=1S/C16H15F2NO4S/c1-10(11-2-4-13(17)14(18)8-11)19-24(20,21)12-3-5-15-16(9-12)23-7-6-22-15/h2-5,8-10,19H,6-7H2,1H3. The van der Waals surface area contributed by atoms with Crippen molar-refractivity contribution in [3.05, 3.63) is 53.6 Å². The zero-order valence-corrected chi connectivity index (χ0v) is 13.6. The van der Waals surface area contributed by atoms with Crippen LogP contribution >= 0.6 is 0 Å². The van der Waals surface area contributed by atoms with Crippen LogP contribution in [-0.2, 0) is 10.0 Å². The van der Waals surface area contributed by atoms with E-state index in [1.54, 1.807) is 6.92 Å². The van der Waals surface area contributed by atoms with Gasteiger partial charge in [-0.15, -0.1) is 0 Å². The molecule has 0 saturated carbocycles. The summed E-state index contributed by atoms with van der Waals surface area (Å²) in [5.74, 6) is -1.18. The Bertz CT molecular complexity index is 870. The average Bonchev–Trinajstić information content (AvgIpc) is 2.56. The molecule has 1 aliphatic heterocycles. The Labute approximate surface area is 138 Å². The van der Waals surface area contributed by atoms with E-state index in [0.717, 1.165) is 12.1 Å². The summed E-state index contributed by atoms with van der Waals surface area (Å²) in [5.41, 5.74) is 0.315. The molecule has 3 rings (SSSR count). The summed E-state index contributed by atoms with van der Waals surface area (Å²) >= 11 is 0. The van der Waals surface area contributed by atoms with Crippen molar-refractivity contribution in [2.24, 2.45) is 0 Å². The van der Waals surface area contributed by atoms with E-state index in [-0.39, 0.29) is 4.90 Å². The minimum absolute atomic E-state index is 0.00110. The first kappa shape index (κ1) is 16.7. The quantitative estimate of drug-likeness (QED) is 0.916. The number of hydrogen-bond donors (Lipinski definition) is 1. The van der Waals surface area contributed by atoms with E-state index in [2.05, 4.69) is 4.72 Å². The van der Waals surface area contributed by atoms with Crippen LogP contribution in [-0.4, -0.2) is 21.6 Å². The third-order valence-corrected chi connectivity index (χ3v) is 5.14. The average molecular weight is 355 g/mol. The number of ether oxygens (including phenoxy) is 2. The van der Waals surface area contributed by atoms with Crippen molar-refractivity contribution in [2.45, 2.75) is 17.9 Å². The Hall–Kier alpha value is -2.19. The second-order valence-corrected chi connectivity index (χ2v) is 7.04. The van der Waals surface area contributed by atoms with Crippen molar-refractivity contribution in [1.29, 1.82) is 0 Å². The van der Waals surface area contributed by atoms with Gasteiger partial charge < -0.3 is 9.47 Å². The molecule has 0 amide bonds. The third kappa shape index (κ3) is 3.34. The summed E-state index contributed by atoms with van der Waals surface area (Å²) in [6.45, 7) is 2.29. The van der Waals surface area contributed by atoms with Gasteiger partial charge in [0.05, 0.1) is 4.90 Å². The molecule has 0 aromatic heterocycles. The van der Waals surface area contributed by atoms with E-state index in [1.807, 2.05) is 0 Å². The van der Waals surface area contributed by atoms with Gasteiger partial charge in [-0.05, 0) is 36.8 Å². The van der Waals surface area contributed by atoms with Gasteiger partial charge in [0, 0.05) is 12.1 Å². The van der Waals surface area contributed by atoms with Gasteiger partial charge in [-0.3, -0.25) is 0 Å². The number of hydrogen-bond acceptors (Lipinski definition) is 4. The van der Waals surface area contributed by atoms with E-state index >= 15 is 0 Å². The molecule has 1 atom stereocenters. The second kappa shape index (κ2) is 6.37. The number of halogens is 2. The maximum Gasteiger partial charge on any atom is 0.241 e. The first-order valence-corrected chi connectivity index (χ1v) is 8.72. The van der Waals surface area contributed by atoms with Crippen molar-refractivity contribution in [3.8, 4) is 11.5 Å². The van der Waals surface area contributed by atoms with Gasteiger partial charge in [0.1, 0.15) is 13.2 Å². The molecule has 5 nitrogen and oxygen atoms in total. The lowest BCUT2D eigenvalue weighted by atomic mass is 10.1. The van der Waals surface area contributed by atoms with Gasteiger partial charge in [0.2, 0.25) is 10.0 Å². The van der Waals surface area contributed by atoms with E-state index in [4.69, 9.17) is 9.47 Å². The van der Waals surface area contributed by atoms with Gasteiger partial charge in [-0.2, -0.15) is 0 Å². The third-order valence-electron chi connectivity index (χ3n) is 3.60. The molecule has 1 N–H and O–H groups in total. The normalized spacial score (nSPS) is 15.1. The zero-order chi connectivity index (χ0) is 17.3. The molecule has 128 valence electrons. The van der Waals surface area contributed by atoms with E-state index < -0.39 is 27.7 Å². The molecule has 2 aromatic carbocycles. The predicted molar refractivity (Wildman–Crippen MR) is 82.5 cm³/mol. The molecule has 1 unspecified atom stereocenters. The summed E-state index contributed by atoms with van der Waals surface area (Å²) in [5, 5.41) is 0. The highest BCUT2D eigenvalue weighted by molar-refractivity contribution is 7.89. The fourth-order valence-electron chi connectivity index (χ4n) is 2.34. The Morgan fingerprint density at radius 3 is 2.42 bits per heavy atom. The largest absolute Gasteiger partial charge is 0.486 e. The number of nitrogens with one attached hydrogen (secondary N) is 1. The Balaban J connectivity index is 1.84. The predicted octanol–water partition coefficient (Wildman–Crippen LogP) is 2.78. The number of rotatable bonds is 4. The zero-order valence-electron chi connectivity index (χ0n) is 12.8. The van der Waals surface area contributed by atoms with Gasteiger partial charge in [-0.1, -0.05) is 6.07 Å². The lowest BCUT2D eigenvalue weighted by Gasteiger charge is -2.20. The van der Waals surface area contributed by atoms with E-state index in [0.29, 0.717) is 30.3 Å². The smallest absolute Gasteiger partial charge is 0.241 e. The van der Waals surface area contributed by atoms with Gasteiger partial charge in [0.15, 0.2) is 23.1 Å². The fraction of sp³-hybridized carbons (Fsp3) is 0.250. The van der Waals surface area contributed by atoms with Crippen LogP contribution < -0.4 is 14.2 Å². The molecule has 0 aliphatic carbocycles. The van der Waals surface area contributed by atoms with E-state index in [9.17, 15) is 17.2 Å². The second-order valence-electron chi connectivity index (χ2n) is 5.32. The summed E-state index contributed by atoms with van der Waals surface area (Å²) in [7, 11) is -3.87. The lowest BCUT2D eigenvalue weighted by molar-refractivity contribution is 0.171. The SMILES string of the molecule is CC(NS(=O)(=O)c1ccc2c(c1)OCCO2)c1ccc(F)c(F)c1. The van der Waals surface area contributed by atoms with Gasteiger partial charge in [0.25, 0.3) is 0 Å². The van der Waals surface area contributed by atoms with Crippen LogP contribution in [0.3, 0.4) is 0 Å². The van der Waals surface area contributed by atoms with Crippen molar-refractivity contribution < 1.29 is 26.7 Å². The van der Waals surface area contributed by atoms with Crippen molar-refractivity contribution >= 4 is 10.0 Å². The molecule has 0 fully saturated rings. The monoisotopic (exact) mass is 355 g/mol. The molecule has 1 heterocycles. The highest BCUT2D eigenvalue weighted by Gasteiger charge is 2.22. The first-order valence-electron chi connectivity index (χ1n) is 7.24. The van der Waals surface area contributed by atoms with Gasteiger partial charge >= 0.3 is 0 Å². The van der Waals surface area contributed by atoms with Crippen molar-refractivity contribution in [3.63, 3.8) is 0 Å². The molecular formula is C16H15F2NO4S. The first-order chi connectivity index (χ1) is 11.4. The summed E-state index contributed by atoms with van der Waals surface area (Å²) in [4.78, 5) is 0.00110. The highest BCUT2D eigenvalue weighted by Crippen LogP contribution is 2.32. The summed E-state index contributed by atoms with van der Waals surface area (Å²) in [6.07, 6.45) is 0. The maximum atomic E-state index is 13.3. The Morgan fingerprint density at radius 2 is 1.71 bits per heavy atom. The molecule has 0 radical (unpaired) electrons. The highest BCUT2D eigenvalue weighted by atomic mass is 32.2. The molecular weight excluding hydrogens is 340 g/mol. The molecule has 0 spiro atoms. The number of sulfonamides is 1. The minimum atomic E-state index is -3.87. The van der Waals surface area contributed by atoms with Crippen LogP contribution in [0.25, 0.3) is 0 Å². The molecule has 1 aliphatic rings. The summed E-state index contributed by atoms with van der Waals surface area (Å²) in [6, 6.07) is 6.80. The van der Waals surface area contributed by atoms with Crippen LogP contribution in [0.2, 0.25) is 0 Å². The molecule has 24 heavy (non-hydrogen) atoms. The van der Waals surface area contributed by atoms with Crippen LogP contribution in [0.4, 0.5) is 8.78 Å². The molecule has 0 bridgehead atoms. The molecule has 0 saturated heterocycles.